The highest BCUT2D eigenvalue weighted by molar-refractivity contribution is 7.89. The first kappa shape index (κ1) is 17.9. The number of hydrogen-bond acceptors (Lipinski definition) is 4. The molecule has 0 radical (unpaired) electrons. The van der Waals surface area contributed by atoms with E-state index in [0.29, 0.717) is 36.0 Å². The van der Waals surface area contributed by atoms with E-state index >= 15 is 0 Å². The number of hydrogen-bond donors (Lipinski definition) is 1. The second kappa shape index (κ2) is 7.17. The van der Waals surface area contributed by atoms with Crippen LogP contribution >= 0.6 is 0 Å². The molecule has 1 saturated heterocycles. The topological polar surface area (TPSA) is 75.3 Å². The fourth-order valence-corrected chi connectivity index (χ4v) is 5.17. The Bertz CT molecular complexity index is 808. The number of aryl methyl sites for hydroxylation is 3. The van der Waals surface area contributed by atoms with Gasteiger partial charge in [0, 0.05) is 19.0 Å². The van der Waals surface area contributed by atoms with Gasteiger partial charge in [-0.25, -0.2) is 8.42 Å². The molecule has 1 aromatic carbocycles. The standard InChI is InChI=1S/C18H25N3O3S/c1-13-6-8-17(9-7-13)24-12-16-5-4-10-21(11-16)25(22,23)18-14(2)19-20-15(18)3/h6-9,16H,4-5,10-12H2,1-3H3,(H,19,20). The minimum Gasteiger partial charge on any atom is -0.493 e. The lowest BCUT2D eigenvalue weighted by Crippen LogP contribution is -2.41. The molecule has 6 nitrogen and oxygen atoms in total. The van der Waals surface area contributed by atoms with Crippen LogP contribution in [0.15, 0.2) is 29.2 Å². The van der Waals surface area contributed by atoms with Crippen molar-refractivity contribution < 1.29 is 13.2 Å². The highest BCUT2D eigenvalue weighted by atomic mass is 32.2. The molecule has 1 unspecified atom stereocenters. The number of aromatic amines is 1. The minimum absolute atomic E-state index is 0.192. The molecule has 0 spiro atoms. The second-order valence-corrected chi connectivity index (χ2v) is 8.63. The molecule has 0 amide bonds. The van der Waals surface area contributed by atoms with Gasteiger partial charge in [-0.15, -0.1) is 0 Å². The van der Waals surface area contributed by atoms with Crippen molar-refractivity contribution in [1.82, 2.24) is 14.5 Å². The SMILES string of the molecule is Cc1ccc(OCC2CCCN(S(=O)(=O)c3c(C)n[nH]c3C)C2)cc1. The third kappa shape index (κ3) is 3.88. The van der Waals surface area contributed by atoms with Gasteiger partial charge in [0.1, 0.15) is 10.6 Å². The smallest absolute Gasteiger partial charge is 0.246 e. The van der Waals surface area contributed by atoms with Gasteiger partial charge in [0.05, 0.1) is 18.0 Å². The van der Waals surface area contributed by atoms with E-state index in [1.54, 1.807) is 18.2 Å². The van der Waals surface area contributed by atoms with E-state index in [-0.39, 0.29) is 5.92 Å². The van der Waals surface area contributed by atoms with E-state index in [4.69, 9.17) is 4.74 Å². The van der Waals surface area contributed by atoms with Crippen molar-refractivity contribution in [3.8, 4) is 5.75 Å². The molecule has 1 N–H and O–H groups in total. The number of ether oxygens (including phenoxy) is 1. The highest BCUT2D eigenvalue weighted by Crippen LogP contribution is 2.27. The molecule has 3 rings (SSSR count). The summed E-state index contributed by atoms with van der Waals surface area (Å²) in [6.45, 7) is 7.06. The Morgan fingerprint density at radius 2 is 1.96 bits per heavy atom. The molecule has 0 saturated carbocycles. The fraction of sp³-hybridized carbons (Fsp3) is 0.500. The first-order chi connectivity index (χ1) is 11.9. The van der Waals surface area contributed by atoms with E-state index in [9.17, 15) is 8.42 Å². The third-order valence-electron chi connectivity index (χ3n) is 4.65. The summed E-state index contributed by atoms with van der Waals surface area (Å²) < 4.78 is 33.4. The maximum atomic E-state index is 13.0. The zero-order valence-corrected chi connectivity index (χ0v) is 15.8. The van der Waals surface area contributed by atoms with Crippen molar-refractivity contribution in [2.24, 2.45) is 5.92 Å². The Balaban J connectivity index is 1.67. The van der Waals surface area contributed by atoms with Gasteiger partial charge in [0.2, 0.25) is 10.0 Å². The Morgan fingerprint density at radius 3 is 2.60 bits per heavy atom. The molecule has 136 valence electrons. The van der Waals surface area contributed by atoms with Crippen LogP contribution in [-0.2, 0) is 10.0 Å². The molecule has 1 aliphatic heterocycles. The molecule has 25 heavy (non-hydrogen) atoms. The predicted molar refractivity (Wildman–Crippen MR) is 96.2 cm³/mol. The van der Waals surface area contributed by atoms with Crippen LogP contribution in [0.2, 0.25) is 0 Å². The van der Waals surface area contributed by atoms with Crippen molar-refractivity contribution in [1.29, 1.82) is 0 Å². The van der Waals surface area contributed by atoms with Gasteiger partial charge in [-0.2, -0.15) is 9.40 Å². The van der Waals surface area contributed by atoms with Gasteiger partial charge in [-0.1, -0.05) is 17.7 Å². The largest absolute Gasteiger partial charge is 0.493 e. The zero-order chi connectivity index (χ0) is 18.0. The first-order valence-electron chi connectivity index (χ1n) is 8.59. The van der Waals surface area contributed by atoms with E-state index < -0.39 is 10.0 Å². The van der Waals surface area contributed by atoms with E-state index in [1.807, 2.05) is 31.2 Å². The number of nitrogens with zero attached hydrogens (tertiary/aromatic N) is 2. The number of sulfonamides is 1. The van der Waals surface area contributed by atoms with E-state index in [1.165, 1.54) is 5.56 Å². The van der Waals surface area contributed by atoms with Crippen LogP contribution < -0.4 is 4.74 Å². The van der Waals surface area contributed by atoms with Gasteiger partial charge in [-0.3, -0.25) is 5.10 Å². The molecular formula is C18H25N3O3S. The van der Waals surface area contributed by atoms with Gasteiger partial charge < -0.3 is 4.74 Å². The summed E-state index contributed by atoms with van der Waals surface area (Å²) in [6.07, 6.45) is 1.82. The minimum atomic E-state index is -3.52. The number of rotatable bonds is 5. The number of nitrogens with one attached hydrogen (secondary N) is 1. The predicted octanol–water partition coefficient (Wildman–Crippen LogP) is 2.81. The first-order valence-corrected chi connectivity index (χ1v) is 10.0. The maximum Gasteiger partial charge on any atom is 0.246 e. The Labute approximate surface area is 149 Å². The lowest BCUT2D eigenvalue weighted by atomic mass is 10.0. The van der Waals surface area contributed by atoms with E-state index in [0.717, 1.165) is 18.6 Å². The molecule has 1 atom stereocenters. The normalized spacial score (nSPS) is 19.1. The Hall–Kier alpha value is -1.86. The molecule has 7 heteroatoms. The number of benzene rings is 1. The summed E-state index contributed by atoms with van der Waals surface area (Å²) in [5.41, 5.74) is 2.30. The average molecular weight is 363 g/mol. The summed E-state index contributed by atoms with van der Waals surface area (Å²) in [5.74, 6) is 1.02. The molecule has 1 aliphatic rings. The summed E-state index contributed by atoms with van der Waals surface area (Å²) in [7, 11) is -3.52. The van der Waals surface area contributed by atoms with Crippen LogP contribution in [-0.4, -0.2) is 42.6 Å². The Morgan fingerprint density at radius 1 is 1.24 bits per heavy atom. The van der Waals surface area contributed by atoms with Crippen molar-refractivity contribution in [3.05, 3.63) is 41.2 Å². The number of aromatic nitrogens is 2. The van der Waals surface area contributed by atoms with Gasteiger partial charge in [0.15, 0.2) is 0 Å². The fourth-order valence-electron chi connectivity index (χ4n) is 3.28. The lowest BCUT2D eigenvalue weighted by molar-refractivity contribution is 0.180. The van der Waals surface area contributed by atoms with Crippen molar-refractivity contribution in [3.63, 3.8) is 0 Å². The van der Waals surface area contributed by atoms with Gasteiger partial charge in [-0.05, 0) is 45.7 Å². The number of piperidine rings is 1. The van der Waals surface area contributed by atoms with Crippen LogP contribution in [0, 0.1) is 26.7 Å². The summed E-state index contributed by atoms with van der Waals surface area (Å²) >= 11 is 0. The molecular weight excluding hydrogens is 338 g/mol. The summed E-state index contributed by atoms with van der Waals surface area (Å²) in [6, 6.07) is 7.92. The zero-order valence-electron chi connectivity index (χ0n) is 14.9. The molecule has 0 aliphatic carbocycles. The van der Waals surface area contributed by atoms with Crippen molar-refractivity contribution >= 4 is 10.0 Å². The highest BCUT2D eigenvalue weighted by Gasteiger charge is 2.33. The van der Waals surface area contributed by atoms with Gasteiger partial charge in [0.25, 0.3) is 0 Å². The Kier molecular flexibility index (Phi) is 5.15. The monoisotopic (exact) mass is 363 g/mol. The van der Waals surface area contributed by atoms with Crippen molar-refractivity contribution in [2.45, 2.75) is 38.5 Å². The quantitative estimate of drug-likeness (QED) is 0.886. The van der Waals surface area contributed by atoms with Gasteiger partial charge >= 0.3 is 0 Å². The van der Waals surface area contributed by atoms with Crippen LogP contribution in [0.25, 0.3) is 0 Å². The maximum absolute atomic E-state index is 13.0. The molecule has 1 fully saturated rings. The van der Waals surface area contributed by atoms with Crippen LogP contribution in [0.3, 0.4) is 0 Å². The molecule has 2 aromatic rings. The van der Waals surface area contributed by atoms with Crippen LogP contribution in [0.4, 0.5) is 0 Å². The van der Waals surface area contributed by atoms with Crippen LogP contribution in [0.1, 0.15) is 29.8 Å². The molecule has 1 aromatic heterocycles. The van der Waals surface area contributed by atoms with Crippen molar-refractivity contribution in [2.75, 3.05) is 19.7 Å². The third-order valence-corrected chi connectivity index (χ3v) is 6.78. The second-order valence-electron chi connectivity index (χ2n) is 6.76. The summed E-state index contributed by atoms with van der Waals surface area (Å²) in [4.78, 5) is 0.313. The van der Waals surface area contributed by atoms with E-state index in [2.05, 4.69) is 10.2 Å². The number of H-pyrrole nitrogens is 1. The molecule has 2 heterocycles. The summed E-state index contributed by atoms with van der Waals surface area (Å²) in [5, 5.41) is 6.79. The molecule has 0 bridgehead atoms. The average Bonchev–Trinajstić information content (AvgIpc) is 2.94. The van der Waals surface area contributed by atoms with Crippen LogP contribution in [0.5, 0.6) is 5.75 Å². The lowest BCUT2D eigenvalue weighted by Gasteiger charge is -2.31.